The zero-order chi connectivity index (χ0) is 17.1. The third-order valence-electron chi connectivity index (χ3n) is 4.05. The van der Waals surface area contributed by atoms with E-state index in [0.29, 0.717) is 35.4 Å². The number of hydrogen-bond donors (Lipinski definition) is 1. The molecular formula is C16H21N3O4S. The Hall–Kier alpha value is -1.90. The smallest absolute Gasteiger partial charge is 0.288 e. The Bertz CT molecular complexity index is 758. The SMILES string of the molecule is COc1ccc(-c2nn(CN3CCC[C@H](O)C3)c(=S)o2)cc1OC. The lowest BCUT2D eigenvalue weighted by Crippen LogP contribution is -2.39. The molecule has 0 spiro atoms. The number of benzene rings is 1. The summed E-state index contributed by atoms with van der Waals surface area (Å²) in [4.78, 5) is 2.42. The van der Waals surface area contributed by atoms with Crippen molar-refractivity contribution in [1.29, 1.82) is 0 Å². The van der Waals surface area contributed by atoms with Crippen LogP contribution in [-0.2, 0) is 6.67 Å². The highest BCUT2D eigenvalue weighted by Gasteiger charge is 2.19. The van der Waals surface area contributed by atoms with Gasteiger partial charge in [0.2, 0.25) is 5.89 Å². The molecule has 8 heteroatoms. The molecule has 0 aliphatic carbocycles. The Morgan fingerprint density at radius 2 is 2.12 bits per heavy atom. The van der Waals surface area contributed by atoms with E-state index in [9.17, 15) is 5.11 Å². The van der Waals surface area contributed by atoms with Crippen molar-refractivity contribution in [3.8, 4) is 23.0 Å². The summed E-state index contributed by atoms with van der Waals surface area (Å²) in [6.45, 7) is 2.05. The summed E-state index contributed by atoms with van der Waals surface area (Å²) < 4.78 is 17.8. The molecule has 0 saturated carbocycles. The predicted molar refractivity (Wildman–Crippen MR) is 90.7 cm³/mol. The van der Waals surface area contributed by atoms with E-state index in [-0.39, 0.29) is 6.10 Å². The standard InChI is InChI=1S/C16H21N3O4S/c1-21-13-6-5-11(8-14(13)22-2)15-17-19(16(24)23-15)10-18-7-3-4-12(20)9-18/h5-6,8,12,20H,3-4,7,9-10H2,1-2H3/t12-/m0/s1. The molecule has 1 atom stereocenters. The summed E-state index contributed by atoms with van der Waals surface area (Å²) in [6.07, 6.45) is 1.53. The number of rotatable bonds is 5. The van der Waals surface area contributed by atoms with Crippen molar-refractivity contribution in [1.82, 2.24) is 14.7 Å². The van der Waals surface area contributed by atoms with E-state index in [1.807, 2.05) is 6.07 Å². The largest absolute Gasteiger partial charge is 0.493 e. The van der Waals surface area contributed by atoms with Crippen LogP contribution >= 0.6 is 12.2 Å². The Labute approximate surface area is 145 Å². The van der Waals surface area contributed by atoms with Crippen LogP contribution in [0.4, 0.5) is 0 Å². The number of aliphatic hydroxyl groups excluding tert-OH is 1. The fourth-order valence-electron chi connectivity index (χ4n) is 2.83. The monoisotopic (exact) mass is 351 g/mol. The molecule has 0 unspecified atom stereocenters. The van der Waals surface area contributed by atoms with Crippen molar-refractivity contribution in [2.24, 2.45) is 0 Å². The average Bonchev–Trinajstić information content (AvgIpc) is 2.95. The minimum absolute atomic E-state index is 0.287. The third kappa shape index (κ3) is 3.61. The Kier molecular flexibility index (Phi) is 5.17. The lowest BCUT2D eigenvalue weighted by atomic mass is 10.1. The van der Waals surface area contributed by atoms with Gasteiger partial charge in [0.05, 0.1) is 27.0 Å². The van der Waals surface area contributed by atoms with Gasteiger partial charge in [-0.2, -0.15) is 0 Å². The van der Waals surface area contributed by atoms with Crippen molar-refractivity contribution in [2.45, 2.75) is 25.6 Å². The number of nitrogens with zero attached hydrogens (tertiary/aromatic N) is 3. The van der Waals surface area contributed by atoms with Gasteiger partial charge in [0.25, 0.3) is 4.84 Å². The zero-order valence-corrected chi connectivity index (χ0v) is 14.6. The number of aromatic nitrogens is 2. The maximum atomic E-state index is 9.77. The molecule has 1 aromatic carbocycles. The van der Waals surface area contributed by atoms with Crippen molar-refractivity contribution in [3.05, 3.63) is 23.0 Å². The first-order chi connectivity index (χ1) is 11.6. The van der Waals surface area contributed by atoms with E-state index in [1.54, 1.807) is 31.0 Å². The number of hydrogen-bond acceptors (Lipinski definition) is 7. The number of aliphatic hydroxyl groups is 1. The van der Waals surface area contributed by atoms with Gasteiger partial charge < -0.3 is 19.0 Å². The fraction of sp³-hybridized carbons (Fsp3) is 0.500. The van der Waals surface area contributed by atoms with Crippen LogP contribution in [0.25, 0.3) is 11.5 Å². The summed E-state index contributed by atoms with van der Waals surface area (Å²) >= 11 is 5.27. The second-order valence-corrected chi connectivity index (χ2v) is 6.11. The van der Waals surface area contributed by atoms with Gasteiger partial charge >= 0.3 is 0 Å². The van der Waals surface area contributed by atoms with E-state index < -0.39 is 0 Å². The summed E-state index contributed by atoms with van der Waals surface area (Å²) in [6, 6.07) is 5.44. The van der Waals surface area contributed by atoms with Gasteiger partial charge in [0.1, 0.15) is 0 Å². The topological polar surface area (TPSA) is 72.9 Å². The van der Waals surface area contributed by atoms with E-state index in [1.165, 1.54) is 0 Å². The summed E-state index contributed by atoms with van der Waals surface area (Å²) in [7, 11) is 3.17. The van der Waals surface area contributed by atoms with Gasteiger partial charge in [-0.3, -0.25) is 4.90 Å². The van der Waals surface area contributed by atoms with Crippen molar-refractivity contribution >= 4 is 12.2 Å². The average molecular weight is 351 g/mol. The van der Waals surface area contributed by atoms with Crippen LogP contribution in [-0.4, -0.2) is 53.2 Å². The second-order valence-electron chi connectivity index (χ2n) is 5.76. The van der Waals surface area contributed by atoms with Gasteiger partial charge in [-0.1, -0.05) is 0 Å². The lowest BCUT2D eigenvalue weighted by molar-refractivity contribution is 0.0509. The van der Waals surface area contributed by atoms with Gasteiger partial charge in [-0.05, 0) is 43.3 Å². The van der Waals surface area contributed by atoms with E-state index in [4.69, 9.17) is 26.1 Å². The van der Waals surface area contributed by atoms with Crippen molar-refractivity contribution in [2.75, 3.05) is 27.3 Å². The molecule has 1 fully saturated rings. The molecule has 1 aliphatic rings. The Morgan fingerprint density at radius 3 is 2.83 bits per heavy atom. The van der Waals surface area contributed by atoms with Crippen molar-refractivity contribution in [3.63, 3.8) is 0 Å². The van der Waals surface area contributed by atoms with Crippen LogP contribution in [0.3, 0.4) is 0 Å². The number of β-amino-alcohol motifs (C(OH)–C–C–N with tert-alkyl or cyclic N) is 1. The third-order valence-corrected chi connectivity index (χ3v) is 4.35. The molecule has 0 amide bonds. The number of likely N-dealkylation sites (tertiary alicyclic amines) is 1. The lowest BCUT2D eigenvalue weighted by Gasteiger charge is -2.29. The molecule has 0 bridgehead atoms. The summed E-state index contributed by atoms with van der Waals surface area (Å²) in [5.74, 6) is 1.67. The highest BCUT2D eigenvalue weighted by molar-refractivity contribution is 7.71. The van der Waals surface area contributed by atoms with Gasteiger partial charge in [0, 0.05) is 18.7 Å². The Balaban J connectivity index is 1.82. The van der Waals surface area contributed by atoms with E-state index in [2.05, 4.69) is 10.00 Å². The molecule has 3 rings (SSSR count). The molecule has 0 radical (unpaired) electrons. The predicted octanol–water partition coefficient (Wildman–Crippen LogP) is 2.30. The molecule has 1 aliphatic heterocycles. The summed E-state index contributed by atoms with van der Waals surface area (Å²) in [5.41, 5.74) is 0.760. The first-order valence-electron chi connectivity index (χ1n) is 7.81. The number of ether oxygens (including phenoxy) is 2. The highest BCUT2D eigenvalue weighted by Crippen LogP contribution is 2.31. The quantitative estimate of drug-likeness (QED) is 0.829. The maximum Gasteiger partial charge on any atom is 0.288 e. The molecule has 1 N–H and O–H groups in total. The molecule has 1 aromatic heterocycles. The first kappa shape index (κ1) is 16.9. The molecule has 2 aromatic rings. The highest BCUT2D eigenvalue weighted by atomic mass is 32.1. The van der Waals surface area contributed by atoms with Crippen molar-refractivity contribution < 1.29 is 19.0 Å². The van der Waals surface area contributed by atoms with Crippen LogP contribution in [0.2, 0.25) is 0 Å². The van der Waals surface area contributed by atoms with E-state index in [0.717, 1.165) is 24.9 Å². The molecule has 1 saturated heterocycles. The van der Waals surface area contributed by atoms with Gasteiger partial charge in [-0.25, -0.2) is 4.68 Å². The molecular weight excluding hydrogens is 330 g/mol. The van der Waals surface area contributed by atoms with Crippen LogP contribution in [0.5, 0.6) is 11.5 Å². The van der Waals surface area contributed by atoms with Crippen LogP contribution in [0, 0.1) is 4.84 Å². The number of methoxy groups -OCH3 is 2. The zero-order valence-electron chi connectivity index (χ0n) is 13.8. The molecule has 7 nitrogen and oxygen atoms in total. The summed E-state index contributed by atoms with van der Waals surface area (Å²) in [5, 5.41) is 14.2. The minimum Gasteiger partial charge on any atom is -0.493 e. The van der Waals surface area contributed by atoms with Crippen LogP contribution < -0.4 is 9.47 Å². The van der Waals surface area contributed by atoms with E-state index >= 15 is 0 Å². The second kappa shape index (κ2) is 7.33. The number of piperidine rings is 1. The Morgan fingerprint density at radius 1 is 1.33 bits per heavy atom. The minimum atomic E-state index is -0.287. The van der Waals surface area contributed by atoms with Gasteiger partial charge in [-0.15, -0.1) is 5.10 Å². The maximum absolute atomic E-state index is 9.77. The molecule has 24 heavy (non-hydrogen) atoms. The van der Waals surface area contributed by atoms with Crippen LogP contribution in [0.15, 0.2) is 22.6 Å². The fourth-order valence-corrected chi connectivity index (χ4v) is 3.01. The van der Waals surface area contributed by atoms with Gasteiger partial charge in [0.15, 0.2) is 11.5 Å². The normalized spacial score (nSPS) is 18.5. The molecule has 130 valence electrons. The first-order valence-corrected chi connectivity index (χ1v) is 8.22. The molecule has 2 heterocycles. The van der Waals surface area contributed by atoms with Crippen LogP contribution in [0.1, 0.15) is 12.8 Å².